The molecule has 0 radical (unpaired) electrons. The second-order valence-corrected chi connectivity index (χ2v) is 7.30. The van der Waals surface area contributed by atoms with Gasteiger partial charge in [0.15, 0.2) is 11.5 Å². The van der Waals surface area contributed by atoms with Crippen LogP contribution in [0.4, 0.5) is 10.2 Å². The normalized spacial score (nSPS) is 16.2. The summed E-state index contributed by atoms with van der Waals surface area (Å²) in [5.74, 6) is 0.786. The first-order valence-corrected chi connectivity index (χ1v) is 9.13. The maximum atomic E-state index is 13.3. The van der Waals surface area contributed by atoms with E-state index in [-0.39, 0.29) is 17.3 Å². The van der Waals surface area contributed by atoms with Gasteiger partial charge in [0.25, 0.3) is 5.91 Å². The monoisotopic (exact) mass is 388 g/mol. The van der Waals surface area contributed by atoms with Gasteiger partial charge in [-0.2, -0.15) is 5.10 Å². The molecule has 0 bridgehead atoms. The zero-order valence-electron chi connectivity index (χ0n) is 14.7. The molecule has 8 heteroatoms. The summed E-state index contributed by atoms with van der Waals surface area (Å²) < 4.78 is 20.2. The summed E-state index contributed by atoms with van der Waals surface area (Å²) in [7, 11) is 0. The van der Waals surface area contributed by atoms with E-state index in [1.54, 1.807) is 23.0 Å². The molecule has 0 aliphatic heterocycles. The van der Waals surface area contributed by atoms with Crippen LogP contribution >= 0.6 is 11.6 Å². The summed E-state index contributed by atoms with van der Waals surface area (Å²) in [5, 5.41) is 11.2. The van der Waals surface area contributed by atoms with Crippen molar-refractivity contribution in [3.05, 3.63) is 63.9 Å². The minimum atomic E-state index is -0.396. The topological polar surface area (TPSA) is 73.0 Å². The molecule has 0 fully saturated rings. The minimum absolute atomic E-state index is 0.235. The predicted octanol–water partition coefficient (Wildman–Crippen LogP) is 4.09. The molecule has 1 amide bonds. The molecule has 1 unspecified atom stereocenters. The van der Waals surface area contributed by atoms with Crippen molar-refractivity contribution in [1.29, 1.82) is 0 Å². The lowest BCUT2D eigenvalue weighted by atomic mass is 9.88. The number of nitrogens with one attached hydrogen (secondary N) is 1. The lowest BCUT2D eigenvalue weighted by Gasteiger charge is -2.16. The van der Waals surface area contributed by atoms with Crippen molar-refractivity contribution in [1.82, 2.24) is 14.9 Å². The highest BCUT2D eigenvalue weighted by atomic mass is 35.5. The van der Waals surface area contributed by atoms with Gasteiger partial charge >= 0.3 is 0 Å². The van der Waals surface area contributed by atoms with Crippen molar-refractivity contribution >= 4 is 23.3 Å². The zero-order valence-corrected chi connectivity index (χ0v) is 15.5. The van der Waals surface area contributed by atoms with E-state index in [1.165, 1.54) is 12.1 Å². The van der Waals surface area contributed by atoms with E-state index in [0.717, 1.165) is 36.1 Å². The van der Waals surface area contributed by atoms with Crippen molar-refractivity contribution in [3.8, 4) is 0 Å². The van der Waals surface area contributed by atoms with Crippen LogP contribution in [0.15, 0.2) is 35.0 Å². The van der Waals surface area contributed by atoms with Gasteiger partial charge in [0.05, 0.1) is 6.54 Å². The molecule has 0 spiro atoms. The summed E-state index contributed by atoms with van der Waals surface area (Å²) >= 11 is 6.20. The molecule has 1 aliphatic rings. The van der Waals surface area contributed by atoms with Gasteiger partial charge in [-0.3, -0.25) is 9.48 Å². The van der Waals surface area contributed by atoms with Gasteiger partial charge in [-0.05, 0) is 36.5 Å². The number of anilines is 1. The summed E-state index contributed by atoms with van der Waals surface area (Å²) in [6.07, 6.45) is 4.17. The summed E-state index contributed by atoms with van der Waals surface area (Å²) in [5.41, 5.74) is 1.89. The van der Waals surface area contributed by atoms with E-state index >= 15 is 0 Å². The number of amides is 1. The average Bonchev–Trinajstić information content (AvgIpc) is 3.18. The first kappa shape index (κ1) is 17.7. The highest BCUT2D eigenvalue weighted by Gasteiger charge is 2.27. The van der Waals surface area contributed by atoms with Crippen LogP contribution in [0.2, 0.25) is 5.02 Å². The maximum Gasteiger partial charge on any atom is 0.279 e. The predicted molar refractivity (Wildman–Crippen MR) is 98.4 cm³/mol. The third kappa shape index (κ3) is 3.73. The highest BCUT2D eigenvalue weighted by molar-refractivity contribution is 6.33. The summed E-state index contributed by atoms with van der Waals surface area (Å²) in [6.45, 7) is 2.48. The molecule has 6 nitrogen and oxygen atoms in total. The van der Waals surface area contributed by atoms with E-state index in [2.05, 4.69) is 22.5 Å². The second-order valence-electron chi connectivity index (χ2n) is 6.89. The highest BCUT2D eigenvalue weighted by Crippen LogP contribution is 2.29. The number of halogens is 2. The van der Waals surface area contributed by atoms with Crippen LogP contribution in [0.1, 0.15) is 40.7 Å². The van der Waals surface area contributed by atoms with Crippen LogP contribution in [-0.4, -0.2) is 20.8 Å². The van der Waals surface area contributed by atoms with Crippen LogP contribution < -0.4 is 5.32 Å². The van der Waals surface area contributed by atoms with Gasteiger partial charge in [0, 0.05) is 18.2 Å². The molecular weight excluding hydrogens is 371 g/mol. The molecule has 0 saturated heterocycles. The first-order valence-electron chi connectivity index (χ1n) is 8.75. The summed E-state index contributed by atoms with van der Waals surface area (Å²) in [4.78, 5) is 12.6. The number of carbonyl (C=O) groups is 1. The fourth-order valence-corrected chi connectivity index (χ4v) is 3.51. The van der Waals surface area contributed by atoms with E-state index in [0.29, 0.717) is 17.5 Å². The van der Waals surface area contributed by atoms with E-state index in [1.807, 2.05) is 0 Å². The fraction of sp³-hybridized carbons (Fsp3) is 0.316. The number of fused-ring (bicyclic) bond motifs is 1. The van der Waals surface area contributed by atoms with Crippen molar-refractivity contribution in [2.24, 2.45) is 5.92 Å². The molecule has 27 heavy (non-hydrogen) atoms. The lowest BCUT2D eigenvalue weighted by molar-refractivity contribution is 0.101. The number of rotatable bonds is 4. The molecule has 4 rings (SSSR count). The Hall–Kier alpha value is -2.67. The van der Waals surface area contributed by atoms with Crippen molar-refractivity contribution in [3.63, 3.8) is 0 Å². The Morgan fingerprint density at radius 1 is 1.48 bits per heavy atom. The Morgan fingerprint density at radius 2 is 2.33 bits per heavy atom. The largest absolute Gasteiger partial charge is 0.360 e. The first-order chi connectivity index (χ1) is 13.0. The number of aromatic nitrogens is 3. The third-order valence-corrected chi connectivity index (χ3v) is 4.96. The van der Waals surface area contributed by atoms with Crippen LogP contribution in [0.5, 0.6) is 0 Å². The van der Waals surface area contributed by atoms with Crippen molar-refractivity contribution < 1.29 is 13.7 Å². The molecule has 140 valence electrons. The van der Waals surface area contributed by atoms with Gasteiger partial charge in [0.1, 0.15) is 16.6 Å². The number of hydrogen-bond donors (Lipinski definition) is 1. The van der Waals surface area contributed by atoms with E-state index in [4.69, 9.17) is 16.1 Å². The van der Waals surface area contributed by atoms with Crippen LogP contribution in [0.25, 0.3) is 0 Å². The van der Waals surface area contributed by atoms with Crippen LogP contribution in [0, 0.1) is 11.7 Å². The minimum Gasteiger partial charge on any atom is -0.360 e. The fourth-order valence-electron chi connectivity index (χ4n) is 3.31. The molecule has 3 aromatic rings. The van der Waals surface area contributed by atoms with E-state index < -0.39 is 5.91 Å². The Balaban J connectivity index is 1.51. The van der Waals surface area contributed by atoms with Crippen molar-refractivity contribution in [2.45, 2.75) is 32.7 Å². The van der Waals surface area contributed by atoms with Crippen molar-refractivity contribution in [2.75, 3.05) is 5.32 Å². The van der Waals surface area contributed by atoms with E-state index in [9.17, 15) is 9.18 Å². The van der Waals surface area contributed by atoms with Crippen LogP contribution in [-0.2, 0) is 19.4 Å². The molecule has 0 saturated carbocycles. The Morgan fingerprint density at radius 3 is 3.15 bits per heavy atom. The number of nitrogens with zero attached hydrogens (tertiary/aromatic N) is 3. The Bertz CT molecular complexity index is 998. The molecule has 1 aliphatic carbocycles. The SMILES string of the molecule is CC1CCc2onc(C(=O)Nc3nn(Cc4cccc(F)c4)cc3Cl)c2C1. The molecule has 1 N–H and O–H groups in total. The summed E-state index contributed by atoms with van der Waals surface area (Å²) in [6, 6.07) is 6.23. The third-order valence-electron chi connectivity index (χ3n) is 4.68. The molecule has 1 atom stereocenters. The average molecular weight is 389 g/mol. The van der Waals surface area contributed by atoms with Gasteiger partial charge in [-0.25, -0.2) is 4.39 Å². The van der Waals surface area contributed by atoms with Gasteiger partial charge in [-0.15, -0.1) is 0 Å². The maximum absolute atomic E-state index is 13.3. The zero-order chi connectivity index (χ0) is 19.0. The van der Waals surface area contributed by atoms with Gasteiger partial charge in [0.2, 0.25) is 0 Å². The molecular formula is C19H18ClFN4O2. The van der Waals surface area contributed by atoms with Gasteiger partial charge in [-0.1, -0.05) is 35.8 Å². The second kappa shape index (κ2) is 7.15. The molecule has 1 aromatic carbocycles. The number of aryl methyl sites for hydroxylation is 1. The number of hydrogen-bond acceptors (Lipinski definition) is 4. The Kier molecular flexibility index (Phi) is 4.70. The quantitative estimate of drug-likeness (QED) is 0.730. The van der Waals surface area contributed by atoms with Crippen LogP contribution in [0.3, 0.4) is 0 Å². The Labute approximate surface area is 160 Å². The van der Waals surface area contributed by atoms with Gasteiger partial charge < -0.3 is 9.84 Å². The number of carbonyl (C=O) groups excluding carboxylic acids is 1. The molecule has 2 aromatic heterocycles. The number of benzene rings is 1. The molecule has 2 heterocycles. The smallest absolute Gasteiger partial charge is 0.279 e. The standard InChI is InChI=1S/C19H18ClFN4O2/c1-11-5-6-16-14(7-11)17(24-27-16)19(26)22-18-15(20)10-25(23-18)9-12-3-2-4-13(21)8-12/h2-4,8,10-11H,5-7,9H2,1H3,(H,22,23,26). The lowest BCUT2D eigenvalue weighted by Crippen LogP contribution is -2.18.